The lowest BCUT2D eigenvalue weighted by Crippen LogP contribution is -2.34. The summed E-state index contributed by atoms with van der Waals surface area (Å²) in [6.45, 7) is 5.54. The van der Waals surface area contributed by atoms with Crippen LogP contribution in [0, 0.1) is 0 Å². The van der Waals surface area contributed by atoms with Crippen molar-refractivity contribution in [2.75, 3.05) is 6.61 Å². The zero-order valence-electron chi connectivity index (χ0n) is 11.7. The van der Waals surface area contributed by atoms with Gasteiger partial charge in [-0.1, -0.05) is 6.42 Å². The van der Waals surface area contributed by atoms with Gasteiger partial charge in [0.15, 0.2) is 5.82 Å². The van der Waals surface area contributed by atoms with Crippen LogP contribution in [-0.2, 0) is 29.0 Å². The lowest BCUT2D eigenvalue weighted by Gasteiger charge is -2.12. The van der Waals surface area contributed by atoms with Gasteiger partial charge in [-0.05, 0) is 26.7 Å². The Morgan fingerprint density at radius 2 is 2.26 bits per heavy atom. The molecule has 106 valence electrons. The summed E-state index contributed by atoms with van der Waals surface area (Å²) in [5.41, 5.74) is 0. The van der Waals surface area contributed by atoms with E-state index in [1.165, 1.54) is 12.8 Å². The third-order valence-corrected chi connectivity index (χ3v) is 3.39. The fourth-order valence-corrected chi connectivity index (χ4v) is 2.31. The number of fused-ring (bicyclic) bond motifs is 1. The van der Waals surface area contributed by atoms with Crippen LogP contribution in [0.25, 0.3) is 0 Å². The van der Waals surface area contributed by atoms with Crippen molar-refractivity contribution in [2.45, 2.75) is 58.7 Å². The lowest BCUT2D eigenvalue weighted by molar-refractivity contribution is -0.131. The Kier molecular flexibility index (Phi) is 4.90. The van der Waals surface area contributed by atoms with Gasteiger partial charge in [-0.15, -0.1) is 10.2 Å². The van der Waals surface area contributed by atoms with Gasteiger partial charge >= 0.3 is 0 Å². The number of carbonyl (C=O) groups excluding carboxylic acids is 1. The maximum atomic E-state index is 11.8. The second-order valence-electron chi connectivity index (χ2n) is 4.81. The molecule has 0 saturated heterocycles. The predicted octanol–water partition coefficient (Wildman–Crippen LogP) is 1.05. The number of amides is 1. The zero-order chi connectivity index (χ0) is 13.7. The monoisotopic (exact) mass is 266 g/mol. The van der Waals surface area contributed by atoms with Crippen LogP contribution in [0.5, 0.6) is 0 Å². The molecule has 0 saturated carbocycles. The average Bonchev–Trinajstić information content (AvgIpc) is 2.64. The number of nitrogens with zero attached hydrogens (tertiary/aromatic N) is 3. The van der Waals surface area contributed by atoms with Crippen LogP contribution in [0.1, 0.15) is 44.8 Å². The molecule has 0 bridgehead atoms. The van der Waals surface area contributed by atoms with Crippen molar-refractivity contribution in [3.63, 3.8) is 0 Å². The van der Waals surface area contributed by atoms with Gasteiger partial charge in [0.05, 0.1) is 6.54 Å². The summed E-state index contributed by atoms with van der Waals surface area (Å²) in [6, 6.07) is 0. The molecule has 0 aliphatic carbocycles. The van der Waals surface area contributed by atoms with Crippen molar-refractivity contribution in [1.82, 2.24) is 20.1 Å². The molecule has 0 aromatic carbocycles. The number of hydrogen-bond donors (Lipinski definition) is 1. The highest BCUT2D eigenvalue weighted by Crippen LogP contribution is 2.14. The van der Waals surface area contributed by atoms with E-state index in [2.05, 4.69) is 20.1 Å². The molecule has 1 atom stereocenters. The van der Waals surface area contributed by atoms with Crippen molar-refractivity contribution in [2.24, 2.45) is 0 Å². The maximum absolute atomic E-state index is 11.8. The highest BCUT2D eigenvalue weighted by molar-refractivity contribution is 5.80. The minimum absolute atomic E-state index is 0.104. The molecule has 1 unspecified atom stereocenters. The normalized spacial score (nSPS) is 16.5. The van der Waals surface area contributed by atoms with Crippen LogP contribution >= 0.6 is 0 Å². The van der Waals surface area contributed by atoms with Gasteiger partial charge < -0.3 is 14.6 Å². The standard InChI is InChI=1S/C13H22N4O2/c1-3-19-10(2)13(18)14-9-12-16-15-11-7-5-4-6-8-17(11)12/h10H,3-9H2,1-2H3,(H,14,18). The molecule has 1 aromatic rings. The smallest absolute Gasteiger partial charge is 0.249 e. The van der Waals surface area contributed by atoms with E-state index in [1.54, 1.807) is 6.92 Å². The first-order valence-electron chi connectivity index (χ1n) is 7.02. The summed E-state index contributed by atoms with van der Waals surface area (Å²) in [4.78, 5) is 11.8. The fourth-order valence-electron chi connectivity index (χ4n) is 2.31. The van der Waals surface area contributed by atoms with Crippen LogP contribution in [0.3, 0.4) is 0 Å². The van der Waals surface area contributed by atoms with E-state index >= 15 is 0 Å². The van der Waals surface area contributed by atoms with Gasteiger partial charge in [0, 0.05) is 19.6 Å². The third kappa shape index (κ3) is 3.53. The van der Waals surface area contributed by atoms with Crippen molar-refractivity contribution >= 4 is 5.91 Å². The first kappa shape index (κ1) is 14.0. The molecule has 1 aromatic heterocycles. The Labute approximate surface area is 113 Å². The van der Waals surface area contributed by atoms with E-state index in [4.69, 9.17) is 4.74 Å². The van der Waals surface area contributed by atoms with Crippen molar-refractivity contribution < 1.29 is 9.53 Å². The predicted molar refractivity (Wildman–Crippen MR) is 70.5 cm³/mol. The SMILES string of the molecule is CCOC(C)C(=O)NCc1nnc2n1CCCCC2. The van der Waals surface area contributed by atoms with Gasteiger partial charge in [0.2, 0.25) is 5.91 Å². The van der Waals surface area contributed by atoms with Crippen molar-refractivity contribution in [3.8, 4) is 0 Å². The fraction of sp³-hybridized carbons (Fsp3) is 0.769. The molecular weight excluding hydrogens is 244 g/mol. The molecular formula is C13H22N4O2. The minimum Gasteiger partial charge on any atom is -0.369 e. The van der Waals surface area contributed by atoms with E-state index in [0.717, 1.165) is 31.0 Å². The first-order valence-corrected chi connectivity index (χ1v) is 7.02. The van der Waals surface area contributed by atoms with E-state index in [-0.39, 0.29) is 5.91 Å². The Morgan fingerprint density at radius 3 is 3.05 bits per heavy atom. The largest absolute Gasteiger partial charge is 0.369 e. The number of rotatable bonds is 5. The molecule has 1 aliphatic heterocycles. The number of nitrogens with one attached hydrogen (secondary N) is 1. The molecule has 1 aliphatic rings. The number of aryl methyl sites for hydroxylation is 1. The lowest BCUT2D eigenvalue weighted by atomic mass is 10.2. The molecule has 2 heterocycles. The van der Waals surface area contributed by atoms with Crippen molar-refractivity contribution in [1.29, 1.82) is 0 Å². The van der Waals surface area contributed by atoms with Crippen LogP contribution in [-0.4, -0.2) is 33.4 Å². The molecule has 1 amide bonds. The van der Waals surface area contributed by atoms with E-state index < -0.39 is 6.10 Å². The van der Waals surface area contributed by atoms with Gasteiger partial charge in [-0.3, -0.25) is 4.79 Å². The van der Waals surface area contributed by atoms with E-state index in [9.17, 15) is 4.79 Å². The molecule has 0 fully saturated rings. The Hall–Kier alpha value is -1.43. The van der Waals surface area contributed by atoms with Crippen LogP contribution in [0.2, 0.25) is 0 Å². The van der Waals surface area contributed by atoms with Crippen LogP contribution < -0.4 is 5.32 Å². The summed E-state index contributed by atoms with van der Waals surface area (Å²) < 4.78 is 7.39. The van der Waals surface area contributed by atoms with Gasteiger partial charge in [-0.25, -0.2) is 0 Å². The molecule has 0 spiro atoms. The first-order chi connectivity index (χ1) is 9.22. The summed E-state index contributed by atoms with van der Waals surface area (Å²) in [6.07, 6.45) is 4.12. The molecule has 2 rings (SSSR count). The summed E-state index contributed by atoms with van der Waals surface area (Å²) in [5.74, 6) is 1.78. The summed E-state index contributed by atoms with van der Waals surface area (Å²) in [7, 11) is 0. The number of ether oxygens (including phenoxy) is 1. The molecule has 6 heteroatoms. The average molecular weight is 266 g/mol. The quantitative estimate of drug-likeness (QED) is 0.864. The maximum Gasteiger partial charge on any atom is 0.249 e. The Balaban J connectivity index is 1.93. The Bertz CT molecular complexity index is 430. The molecule has 0 radical (unpaired) electrons. The van der Waals surface area contributed by atoms with Gasteiger partial charge in [0.1, 0.15) is 11.9 Å². The number of hydrogen-bond acceptors (Lipinski definition) is 4. The topological polar surface area (TPSA) is 69.0 Å². The summed E-state index contributed by atoms with van der Waals surface area (Å²) >= 11 is 0. The highest BCUT2D eigenvalue weighted by atomic mass is 16.5. The van der Waals surface area contributed by atoms with Gasteiger partial charge in [-0.2, -0.15) is 0 Å². The van der Waals surface area contributed by atoms with Gasteiger partial charge in [0.25, 0.3) is 0 Å². The number of aromatic nitrogens is 3. The summed E-state index contributed by atoms with van der Waals surface area (Å²) in [5, 5.41) is 11.2. The van der Waals surface area contributed by atoms with Crippen LogP contribution in [0.15, 0.2) is 0 Å². The molecule has 19 heavy (non-hydrogen) atoms. The van der Waals surface area contributed by atoms with Crippen molar-refractivity contribution in [3.05, 3.63) is 11.6 Å². The minimum atomic E-state index is -0.420. The zero-order valence-corrected chi connectivity index (χ0v) is 11.7. The number of carbonyl (C=O) groups is 1. The molecule has 6 nitrogen and oxygen atoms in total. The second kappa shape index (κ2) is 6.65. The molecule has 1 N–H and O–H groups in total. The highest BCUT2D eigenvalue weighted by Gasteiger charge is 2.17. The third-order valence-electron chi connectivity index (χ3n) is 3.39. The Morgan fingerprint density at radius 1 is 1.42 bits per heavy atom. The van der Waals surface area contributed by atoms with Crippen LogP contribution in [0.4, 0.5) is 0 Å². The second-order valence-corrected chi connectivity index (χ2v) is 4.81. The van der Waals surface area contributed by atoms with E-state index in [0.29, 0.717) is 13.2 Å². The van der Waals surface area contributed by atoms with E-state index in [1.807, 2.05) is 6.92 Å².